The molecular formula is C13H14F5N3O. The molecule has 1 amide bonds. The van der Waals surface area contributed by atoms with Crippen molar-refractivity contribution in [3.8, 4) is 0 Å². The van der Waals surface area contributed by atoms with Gasteiger partial charge in [0.25, 0.3) is 5.91 Å². The Hall–Kier alpha value is -1.93. The van der Waals surface area contributed by atoms with Crippen molar-refractivity contribution in [2.24, 2.45) is 5.73 Å². The molecule has 1 aliphatic rings. The molecule has 1 aliphatic heterocycles. The number of pyridine rings is 1. The first-order valence-electron chi connectivity index (χ1n) is 6.61. The number of hydrogen-bond acceptors (Lipinski definition) is 3. The van der Waals surface area contributed by atoms with E-state index in [1.807, 2.05) is 0 Å². The van der Waals surface area contributed by atoms with Crippen LogP contribution in [0.15, 0.2) is 12.1 Å². The Balaban J connectivity index is 2.40. The standard InChI is InChI=1S/C13H14F5N3O/c14-12(15)4-1-6-21(7-5-12)11-8(10(19)22)2-3-9(20-11)13(16,17)18/h2-3H,1,4-7H2,(H2,19,22). The molecule has 0 aliphatic carbocycles. The molecule has 0 radical (unpaired) electrons. The molecule has 0 saturated carbocycles. The topological polar surface area (TPSA) is 59.2 Å². The second-order valence-electron chi connectivity index (χ2n) is 5.13. The van der Waals surface area contributed by atoms with Gasteiger partial charge >= 0.3 is 6.18 Å². The number of halogens is 5. The molecule has 0 spiro atoms. The van der Waals surface area contributed by atoms with E-state index in [2.05, 4.69) is 4.98 Å². The van der Waals surface area contributed by atoms with Crippen LogP contribution in [0, 0.1) is 0 Å². The van der Waals surface area contributed by atoms with E-state index in [0.717, 1.165) is 6.07 Å². The number of nitrogens with zero attached hydrogens (tertiary/aromatic N) is 2. The van der Waals surface area contributed by atoms with Gasteiger partial charge in [-0.2, -0.15) is 13.2 Å². The maximum Gasteiger partial charge on any atom is 0.433 e. The Bertz CT molecular complexity index is 573. The van der Waals surface area contributed by atoms with Crippen LogP contribution in [0.1, 0.15) is 35.3 Å². The minimum Gasteiger partial charge on any atom is -0.365 e. The number of alkyl halides is 5. The van der Waals surface area contributed by atoms with Gasteiger partial charge in [-0.25, -0.2) is 13.8 Å². The molecule has 0 bridgehead atoms. The average Bonchev–Trinajstić information content (AvgIpc) is 2.58. The van der Waals surface area contributed by atoms with Gasteiger partial charge in [0, 0.05) is 25.9 Å². The molecule has 1 saturated heterocycles. The lowest BCUT2D eigenvalue weighted by atomic mass is 10.1. The summed E-state index contributed by atoms with van der Waals surface area (Å²) in [5.41, 5.74) is 3.74. The maximum atomic E-state index is 13.4. The van der Waals surface area contributed by atoms with Crippen molar-refractivity contribution < 1.29 is 26.7 Å². The van der Waals surface area contributed by atoms with E-state index < -0.39 is 30.1 Å². The summed E-state index contributed by atoms with van der Waals surface area (Å²) in [4.78, 5) is 16.1. The van der Waals surface area contributed by atoms with E-state index in [1.165, 1.54) is 4.90 Å². The van der Waals surface area contributed by atoms with Crippen LogP contribution in [-0.2, 0) is 6.18 Å². The third-order valence-electron chi connectivity index (χ3n) is 3.45. The number of carbonyl (C=O) groups is 1. The van der Waals surface area contributed by atoms with E-state index in [4.69, 9.17) is 5.73 Å². The van der Waals surface area contributed by atoms with Crippen LogP contribution in [0.2, 0.25) is 0 Å². The third kappa shape index (κ3) is 3.63. The fourth-order valence-electron chi connectivity index (χ4n) is 2.32. The maximum absolute atomic E-state index is 13.4. The molecule has 0 atom stereocenters. The van der Waals surface area contributed by atoms with Gasteiger partial charge in [-0.15, -0.1) is 0 Å². The van der Waals surface area contributed by atoms with Gasteiger partial charge in [-0.05, 0) is 18.6 Å². The second-order valence-corrected chi connectivity index (χ2v) is 5.13. The summed E-state index contributed by atoms with van der Waals surface area (Å²) in [6.07, 6.45) is -5.47. The zero-order valence-corrected chi connectivity index (χ0v) is 11.5. The number of hydrogen-bond donors (Lipinski definition) is 1. The van der Waals surface area contributed by atoms with E-state index >= 15 is 0 Å². The first-order valence-corrected chi connectivity index (χ1v) is 6.61. The Morgan fingerprint density at radius 3 is 2.50 bits per heavy atom. The van der Waals surface area contributed by atoms with Crippen LogP contribution < -0.4 is 10.6 Å². The molecule has 122 valence electrons. The van der Waals surface area contributed by atoms with Gasteiger partial charge in [0.1, 0.15) is 11.5 Å². The molecular weight excluding hydrogens is 309 g/mol. The first-order chi connectivity index (χ1) is 10.1. The van der Waals surface area contributed by atoms with Gasteiger partial charge in [-0.3, -0.25) is 4.79 Å². The lowest BCUT2D eigenvalue weighted by Gasteiger charge is -2.24. The number of carbonyl (C=O) groups excluding carboxylic acids is 1. The molecule has 1 aromatic heterocycles. The normalized spacial score (nSPS) is 18.9. The summed E-state index contributed by atoms with van der Waals surface area (Å²) < 4.78 is 65.0. The smallest absolute Gasteiger partial charge is 0.365 e. The van der Waals surface area contributed by atoms with Crippen LogP contribution >= 0.6 is 0 Å². The van der Waals surface area contributed by atoms with Crippen molar-refractivity contribution in [3.05, 3.63) is 23.4 Å². The van der Waals surface area contributed by atoms with Gasteiger partial charge < -0.3 is 10.6 Å². The lowest BCUT2D eigenvalue weighted by molar-refractivity contribution is -0.141. The molecule has 1 aromatic rings. The van der Waals surface area contributed by atoms with E-state index in [-0.39, 0.29) is 37.3 Å². The zero-order valence-electron chi connectivity index (χ0n) is 11.5. The number of primary amides is 1. The first kappa shape index (κ1) is 16.4. The quantitative estimate of drug-likeness (QED) is 0.852. The van der Waals surface area contributed by atoms with E-state index in [0.29, 0.717) is 6.07 Å². The van der Waals surface area contributed by atoms with Crippen molar-refractivity contribution >= 4 is 11.7 Å². The largest absolute Gasteiger partial charge is 0.433 e. The summed E-state index contributed by atoms with van der Waals surface area (Å²) in [6, 6.07) is 1.58. The number of nitrogens with two attached hydrogens (primary N) is 1. The fraction of sp³-hybridized carbons (Fsp3) is 0.538. The molecule has 2 N–H and O–H groups in total. The van der Waals surface area contributed by atoms with Gasteiger partial charge in [0.2, 0.25) is 5.92 Å². The highest BCUT2D eigenvalue weighted by Gasteiger charge is 2.36. The van der Waals surface area contributed by atoms with Crippen LogP contribution in [0.5, 0.6) is 0 Å². The van der Waals surface area contributed by atoms with Crippen LogP contribution in [0.4, 0.5) is 27.8 Å². The minimum atomic E-state index is -4.69. The zero-order chi connectivity index (χ0) is 16.5. The van der Waals surface area contributed by atoms with Crippen LogP contribution in [-0.4, -0.2) is 29.9 Å². The predicted molar refractivity (Wildman–Crippen MR) is 68.8 cm³/mol. The summed E-state index contributed by atoms with van der Waals surface area (Å²) in [5, 5.41) is 0. The fourth-order valence-corrected chi connectivity index (χ4v) is 2.32. The molecule has 2 rings (SSSR count). The Morgan fingerprint density at radius 2 is 1.91 bits per heavy atom. The Morgan fingerprint density at radius 1 is 1.23 bits per heavy atom. The molecule has 4 nitrogen and oxygen atoms in total. The van der Waals surface area contributed by atoms with E-state index in [9.17, 15) is 26.7 Å². The van der Waals surface area contributed by atoms with Gasteiger partial charge in [0.05, 0.1) is 5.56 Å². The average molecular weight is 323 g/mol. The molecule has 9 heteroatoms. The minimum absolute atomic E-state index is 0.0864. The Labute approximate surface area is 123 Å². The van der Waals surface area contributed by atoms with Crippen molar-refractivity contribution in [2.45, 2.75) is 31.4 Å². The number of aromatic nitrogens is 1. The molecule has 2 heterocycles. The van der Waals surface area contributed by atoms with Crippen molar-refractivity contribution in [1.29, 1.82) is 0 Å². The highest BCUT2D eigenvalue weighted by molar-refractivity contribution is 5.97. The summed E-state index contributed by atoms with van der Waals surface area (Å²) in [7, 11) is 0. The van der Waals surface area contributed by atoms with Crippen molar-refractivity contribution in [1.82, 2.24) is 4.98 Å². The van der Waals surface area contributed by atoms with Crippen LogP contribution in [0.3, 0.4) is 0 Å². The molecule has 0 aromatic carbocycles. The monoisotopic (exact) mass is 323 g/mol. The van der Waals surface area contributed by atoms with Crippen LogP contribution in [0.25, 0.3) is 0 Å². The van der Waals surface area contributed by atoms with Gasteiger partial charge in [-0.1, -0.05) is 0 Å². The highest BCUT2D eigenvalue weighted by Crippen LogP contribution is 2.33. The summed E-state index contributed by atoms with van der Waals surface area (Å²) in [6.45, 7) is -0.105. The Kier molecular flexibility index (Phi) is 4.25. The number of anilines is 1. The lowest BCUT2D eigenvalue weighted by Crippen LogP contribution is -2.30. The number of rotatable bonds is 2. The molecule has 0 unspecified atom stereocenters. The SMILES string of the molecule is NC(=O)c1ccc(C(F)(F)F)nc1N1CCCC(F)(F)CC1. The number of amides is 1. The van der Waals surface area contributed by atoms with Crippen molar-refractivity contribution in [3.63, 3.8) is 0 Å². The third-order valence-corrected chi connectivity index (χ3v) is 3.45. The second kappa shape index (κ2) is 5.69. The van der Waals surface area contributed by atoms with Gasteiger partial charge in [0.15, 0.2) is 0 Å². The molecule has 22 heavy (non-hydrogen) atoms. The summed E-state index contributed by atoms with van der Waals surface area (Å²) >= 11 is 0. The van der Waals surface area contributed by atoms with E-state index in [1.54, 1.807) is 0 Å². The predicted octanol–water partition coefficient (Wildman–Crippen LogP) is 2.82. The summed E-state index contributed by atoms with van der Waals surface area (Å²) in [5.74, 6) is -4.12. The van der Waals surface area contributed by atoms with Crippen molar-refractivity contribution in [2.75, 3.05) is 18.0 Å². The molecule has 1 fully saturated rings. The highest BCUT2D eigenvalue weighted by atomic mass is 19.4.